The minimum absolute atomic E-state index is 0.00164. The number of nitrogens with zero attached hydrogens (tertiary/aromatic N) is 2. The third-order valence-corrected chi connectivity index (χ3v) is 4.93. The second kappa shape index (κ2) is 6.44. The van der Waals surface area contributed by atoms with Gasteiger partial charge in [0.25, 0.3) is 0 Å². The smallest absolute Gasteiger partial charge is 0.224 e. The van der Waals surface area contributed by atoms with E-state index in [2.05, 4.69) is 25.7 Å². The zero-order chi connectivity index (χ0) is 14.8. The molecule has 1 amide bonds. The van der Waals surface area contributed by atoms with Crippen LogP contribution in [0.4, 0.5) is 0 Å². The summed E-state index contributed by atoms with van der Waals surface area (Å²) in [4.78, 5) is 17.0. The molecule has 0 spiro atoms. The summed E-state index contributed by atoms with van der Waals surface area (Å²) in [5.74, 6) is 0.243. The van der Waals surface area contributed by atoms with E-state index in [4.69, 9.17) is 5.73 Å². The van der Waals surface area contributed by atoms with Crippen molar-refractivity contribution in [2.75, 3.05) is 26.2 Å². The maximum absolute atomic E-state index is 12.4. The summed E-state index contributed by atoms with van der Waals surface area (Å²) in [5, 5.41) is 0. The minimum Gasteiger partial charge on any atom is -0.341 e. The maximum Gasteiger partial charge on any atom is 0.224 e. The number of carbonyl (C=O) groups is 1. The van der Waals surface area contributed by atoms with E-state index in [1.165, 1.54) is 32.4 Å². The monoisotopic (exact) mass is 281 g/mol. The zero-order valence-electron chi connectivity index (χ0n) is 13.4. The van der Waals surface area contributed by atoms with Crippen LogP contribution in [0, 0.1) is 5.41 Å². The first-order chi connectivity index (χ1) is 9.38. The number of hydrogen-bond acceptors (Lipinski definition) is 3. The van der Waals surface area contributed by atoms with Gasteiger partial charge in [-0.15, -0.1) is 0 Å². The summed E-state index contributed by atoms with van der Waals surface area (Å²) < 4.78 is 0. The highest BCUT2D eigenvalue weighted by Gasteiger charge is 2.32. The van der Waals surface area contributed by atoms with Gasteiger partial charge in [0.05, 0.1) is 0 Å². The first-order valence-corrected chi connectivity index (χ1v) is 8.15. The molecule has 2 atom stereocenters. The van der Waals surface area contributed by atoms with Crippen molar-refractivity contribution in [1.29, 1.82) is 0 Å². The normalized spacial score (nSPS) is 26.8. The molecule has 2 saturated heterocycles. The Labute approximate surface area is 123 Å². The SMILES string of the molecule is CC(C)(C)C(N)CC(=O)N1CCC(N2CCCCC2)C1. The fraction of sp³-hybridized carbons (Fsp3) is 0.938. The summed E-state index contributed by atoms with van der Waals surface area (Å²) in [5.41, 5.74) is 6.14. The van der Waals surface area contributed by atoms with Gasteiger partial charge >= 0.3 is 0 Å². The number of rotatable bonds is 3. The van der Waals surface area contributed by atoms with Crippen molar-refractivity contribution in [3.05, 3.63) is 0 Å². The second-order valence-corrected chi connectivity index (χ2v) is 7.56. The molecule has 116 valence electrons. The van der Waals surface area contributed by atoms with E-state index in [0.29, 0.717) is 12.5 Å². The Morgan fingerprint density at radius 2 is 1.85 bits per heavy atom. The standard InChI is InChI=1S/C16H31N3O/c1-16(2,3)14(17)11-15(20)19-10-7-13(12-19)18-8-5-4-6-9-18/h13-14H,4-12,17H2,1-3H3. The lowest BCUT2D eigenvalue weighted by molar-refractivity contribution is -0.131. The number of carbonyl (C=O) groups excluding carboxylic acids is 1. The van der Waals surface area contributed by atoms with Crippen molar-refractivity contribution in [2.45, 2.75) is 65.0 Å². The largest absolute Gasteiger partial charge is 0.341 e. The highest BCUT2D eigenvalue weighted by atomic mass is 16.2. The van der Waals surface area contributed by atoms with Crippen LogP contribution < -0.4 is 5.73 Å². The van der Waals surface area contributed by atoms with Crippen LogP contribution in [0.5, 0.6) is 0 Å². The lowest BCUT2D eigenvalue weighted by Gasteiger charge is -2.32. The van der Waals surface area contributed by atoms with Gasteiger partial charge < -0.3 is 10.6 Å². The molecular weight excluding hydrogens is 250 g/mol. The molecule has 2 aliphatic heterocycles. The molecule has 0 aromatic rings. The van der Waals surface area contributed by atoms with E-state index in [0.717, 1.165) is 19.5 Å². The first kappa shape index (κ1) is 15.8. The third kappa shape index (κ3) is 3.95. The third-order valence-electron chi connectivity index (χ3n) is 4.93. The number of amides is 1. The van der Waals surface area contributed by atoms with Crippen LogP contribution in [0.25, 0.3) is 0 Å². The van der Waals surface area contributed by atoms with Gasteiger partial charge in [-0.2, -0.15) is 0 Å². The average molecular weight is 281 g/mol. The minimum atomic E-state index is -0.0518. The summed E-state index contributed by atoms with van der Waals surface area (Å²) in [6.07, 6.45) is 5.62. The summed E-state index contributed by atoms with van der Waals surface area (Å²) >= 11 is 0. The average Bonchev–Trinajstić information content (AvgIpc) is 2.88. The molecule has 20 heavy (non-hydrogen) atoms. The molecule has 4 nitrogen and oxygen atoms in total. The van der Waals surface area contributed by atoms with E-state index in [1.807, 2.05) is 4.90 Å². The van der Waals surface area contributed by atoms with Crippen molar-refractivity contribution >= 4 is 5.91 Å². The molecule has 2 unspecified atom stereocenters. The molecule has 0 aliphatic carbocycles. The van der Waals surface area contributed by atoms with Crippen LogP contribution in [-0.2, 0) is 4.79 Å². The molecule has 0 aromatic heterocycles. The van der Waals surface area contributed by atoms with Gasteiger partial charge in [-0.25, -0.2) is 0 Å². The van der Waals surface area contributed by atoms with Crippen molar-refractivity contribution in [1.82, 2.24) is 9.80 Å². The van der Waals surface area contributed by atoms with E-state index in [1.54, 1.807) is 0 Å². The Hall–Kier alpha value is -0.610. The van der Waals surface area contributed by atoms with E-state index in [-0.39, 0.29) is 17.4 Å². The van der Waals surface area contributed by atoms with Gasteiger partial charge in [0.2, 0.25) is 5.91 Å². The van der Waals surface area contributed by atoms with Crippen LogP contribution in [0.2, 0.25) is 0 Å². The highest BCUT2D eigenvalue weighted by Crippen LogP contribution is 2.23. The van der Waals surface area contributed by atoms with Gasteiger partial charge in [-0.3, -0.25) is 9.69 Å². The molecular formula is C16H31N3O. The molecule has 2 rings (SSSR count). The Balaban J connectivity index is 1.81. The number of hydrogen-bond donors (Lipinski definition) is 1. The van der Waals surface area contributed by atoms with Gasteiger partial charge in [0.1, 0.15) is 0 Å². The van der Waals surface area contributed by atoms with E-state index < -0.39 is 0 Å². The van der Waals surface area contributed by atoms with Crippen molar-refractivity contribution < 1.29 is 4.79 Å². The molecule has 0 aromatic carbocycles. The molecule has 0 saturated carbocycles. The Bertz CT molecular complexity index is 331. The maximum atomic E-state index is 12.4. The molecule has 0 bridgehead atoms. The molecule has 2 heterocycles. The summed E-state index contributed by atoms with van der Waals surface area (Å²) in [6.45, 7) is 10.6. The fourth-order valence-electron chi connectivity index (χ4n) is 3.17. The molecule has 2 aliphatic rings. The van der Waals surface area contributed by atoms with Gasteiger partial charge in [0, 0.05) is 31.6 Å². The van der Waals surface area contributed by atoms with Gasteiger partial charge in [-0.1, -0.05) is 27.2 Å². The highest BCUT2D eigenvalue weighted by molar-refractivity contribution is 5.77. The quantitative estimate of drug-likeness (QED) is 0.858. The van der Waals surface area contributed by atoms with Crippen molar-refractivity contribution in [2.24, 2.45) is 11.1 Å². The Kier molecular flexibility index (Phi) is 5.08. The van der Waals surface area contributed by atoms with E-state index in [9.17, 15) is 4.79 Å². The lowest BCUT2D eigenvalue weighted by Crippen LogP contribution is -2.44. The second-order valence-electron chi connectivity index (χ2n) is 7.56. The van der Waals surface area contributed by atoms with Crippen LogP contribution in [-0.4, -0.2) is 54.0 Å². The number of nitrogens with two attached hydrogens (primary N) is 1. The van der Waals surface area contributed by atoms with Crippen molar-refractivity contribution in [3.63, 3.8) is 0 Å². The molecule has 2 fully saturated rings. The molecule has 0 radical (unpaired) electrons. The topological polar surface area (TPSA) is 49.6 Å². The molecule has 2 N–H and O–H groups in total. The summed E-state index contributed by atoms with van der Waals surface area (Å²) in [6, 6.07) is 0.536. The summed E-state index contributed by atoms with van der Waals surface area (Å²) in [7, 11) is 0. The Morgan fingerprint density at radius 1 is 1.20 bits per heavy atom. The Morgan fingerprint density at radius 3 is 2.45 bits per heavy atom. The predicted octanol–water partition coefficient (Wildman–Crippen LogP) is 1.84. The van der Waals surface area contributed by atoms with Crippen molar-refractivity contribution in [3.8, 4) is 0 Å². The van der Waals surface area contributed by atoms with Gasteiger partial charge in [0.15, 0.2) is 0 Å². The van der Waals surface area contributed by atoms with E-state index >= 15 is 0 Å². The fourth-order valence-corrected chi connectivity index (χ4v) is 3.17. The number of likely N-dealkylation sites (tertiary alicyclic amines) is 2. The number of piperidine rings is 1. The van der Waals surface area contributed by atoms with Crippen LogP contribution >= 0.6 is 0 Å². The van der Waals surface area contributed by atoms with Crippen LogP contribution in [0.1, 0.15) is 52.9 Å². The lowest BCUT2D eigenvalue weighted by atomic mass is 9.85. The van der Waals surface area contributed by atoms with Crippen LogP contribution in [0.15, 0.2) is 0 Å². The van der Waals surface area contributed by atoms with Gasteiger partial charge in [-0.05, 0) is 37.8 Å². The van der Waals surface area contributed by atoms with Crippen LogP contribution in [0.3, 0.4) is 0 Å². The molecule has 4 heteroatoms. The first-order valence-electron chi connectivity index (χ1n) is 8.15. The predicted molar refractivity (Wildman–Crippen MR) is 82.5 cm³/mol. The zero-order valence-corrected chi connectivity index (χ0v) is 13.4.